The number of carbonyl (C=O) groups excluding carboxylic acids is 1. The van der Waals surface area contributed by atoms with Crippen molar-refractivity contribution < 1.29 is 9.53 Å². The fourth-order valence-electron chi connectivity index (χ4n) is 2.98. The quantitative estimate of drug-likeness (QED) is 0.844. The van der Waals surface area contributed by atoms with Crippen molar-refractivity contribution in [3.8, 4) is 0 Å². The number of ether oxygens (including phenoxy) is 1. The molecule has 0 saturated carbocycles. The molecule has 1 aliphatic rings. The smallest absolute Gasteiger partial charge is 0.327 e. The lowest BCUT2D eigenvalue weighted by Gasteiger charge is -2.22. The van der Waals surface area contributed by atoms with Gasteiger partial charge in [0.05, 0.1) is 7.11 Å². The van der Waals surface area contributed by atoms with Gasteiger partial charge in [-0.1, -0.05) is 17.7 Å². The van der Waals surface area contributed by atoms with E-state index in [2.05, 4.69) is 15.2 Å². The summed E-state index contributed by atoms with van der Waals surface area (Å²) in [6.45, 7) is 1.76. The van der Waals surface area contributed by atoms with Gasteiger partial charge in [-0.25, -0.2) is 4.79 Å². The van der Waals surface area contributed by atoms with E-state index in [0.717, 1.165) is 35.8 Å². The molecular weight excluding hydrogens is 326 g/mol. The van der Waals surface area contributed by atoms with Crippen molar-refractivity contribution in [3.63, 3.8) is 0 Å². The van der Waals surface area contributed by atoms with E-state index in [1.165, 1.54) is 7.11 Å². The van der Waals surface area contributed by atoms with Crippen LogP contribution in [-0.4, -0.2) is 37.2 Å². The number of pyridine rings is 1. The lowest BCUT2D eigenvalue weighted by Crippen LogP contribution is -2.39. The molecule has 1 saturated heterocycles. The van der Waals surface area contributed by atoms with Gasteiger partial charge in [-0.05, 0) is 42.3 Å². The summed E-state index contributed by atoms with van der Waals surface area (Å²) in [5.41, 5.74) is 1.95. The normalized spacial score (nSPS) is 18.4. The maximum atomic E-state index is 12.1. The first-order valence-electron chi connectivity index (χ1n) is 7.91. The van der Waals surface area contributed by atoms with Crippen molar-refractivity contribution in [3.05, 3.63) is 59.4 Å². The molecule has 0 radical (unpaired) electrons. The minimum Gasteiger partial charge on any atom is -0.468 e. The van der Waals surface area contributed by atoms with Gasteiger partial charge in [0.25, 0.3) is 0 Å². The Bertz CT molecular complexity index is 678. The van der Waals surface area contributed by atoms with Crippen LogP contribution in [0.25, 0.3) is 0 Å². The third-order valence-corrected chi connectivity index (χ3v) is 4.49. The lowest BCUT2D eigenvalue weighted by atomic mass is 10.1. The number of rotatable bonds is 5. The molecule has 0 spiro atoms. The number of anilines is 1. The maximum absolute atomic E-state index is 12.1. The standard InChI is InChI=1S/C18H20ClN3O2/c1-24-18(23)17(13-3-2-9-20-11-13)21-15-8-10-22(12-15)16-6-4-14(19)5-7-16/h2-7,9,11,15,17,21H,8,10,12H2,1H3/t15-,17-/m0/s1. The van der Waals surface area contributed by atoms with E-state index in [1.54, 1.807) is 12.4 Å². The molecule has 0 bridgehead atoms. The molecular formula is C18H20ClN3O2. The fraction of sp³-hybridized carbons (Fsp3) is 0.333. The molecule has 2 heterocycles. The molecule has 1 fully saturated rings. The third-order valence-electron chi connectivity index (χ3n) is 4.24. The van der Waals surface area contributed by atoms with Crippen molar-refractivity contribution in [2.75, 3.05) is 25.1 Å². The largest absolute Gasteiger partial charge is 0.468 e. The first-order valence-corrected chi connectivity index (χ1v) is 8.29. The van der Waals surface area contributed by atoms with Gasteiger partial charge in [-0.3, -0.25) is 10.3 Å². The second kappa shape index (κ2) is 7.64. The van der Waals surface area contributed by atoms with Crippen LogP contribution in [0.3, 0.4) is 0 Å². The summed E-state index contributed by atoms with van der Waals surface area (Å²) in [7, 11) is 1.40. The summed E-state index contributed by atoms with van der Waals surface area (Å²) in [5, 5.41) is 4.14. The zero-order valence-electron chi connectivity index (χ0n) is 13.5. The van der Waals surface area contributed by atoms with Crippen LogP contribution in [0.2, 0.25) is 5.02 Å². The molecule has 6 heteroatoms. The first kappa shape index (κ1) is 16.7. The number of esters is 1. The number of nitrogens with one attached hydrogen (secondary N) is 1. The maximum Gasteiger partial charge on any atom is 0.327 e. The van der Waals surface area contributed by atoms with Gasteiger partial charge in [0.15, 0.2) is 0 Å². The SMILES string of the molecule is COC(=O)[C@@H](N[C@H]1CCN(c2ccc(Cl)cc2)C1)c1cccnc1. The molecule has 5 nitrogen and oxygen atoms in total. The zero-order chi connectivity index (χ0) is 16.9. The molecule has 2 atom stereocenters. The Morgan fingerprint density at radius 3 is 2.83 bits per heavy atom. The summed E-state index contributed by atoms with van der Waals surface area (Å²) >= 11 is 5.95. The number of benzene rings is 1. The molecule has 0 unspecified atom stereocenters. The molecule has 1 aliphatic heterocycles. The molecule has 3 rings (SSSR count). The zero-order valence-corrected chi connectivity index (χ0v) is 14.2. The summed E-state index contributed by atoms with van der Waals surface area (Å²) in [5.74, 6) is -0.298. The monoisotopic (exact) mass is 345 g/mol. The highest BCUT2D eigenvalue weighted by molar-refractivity contribution is 6.30. The van der Waals surface area contributed by atoms with Crippen LogP contribution in [0.5, 0.6) is 0 Å². The lowest BCUT2D eigenvalue weighted by molar-refractivity contribution is -0.143. The summed E-state index contributed by atoms with van der Waals surface area (Å²) < 4.78 is 4.94. The van der Waals surface area contributed by atoms with E-state index in [4.69, 9.17) is 16.3 Å². The highest BCUT2D eigenvalue weighted by Crippen LogP contribution is 2.24. The number of aromatic nitrogens is 1. The average molecular weight is 346 g/mol. The first-order chi connectivity index (χ1) is 11.7. The Labute approximate surface area is 146 Å². The van der Waals surface area contributed by atoms with Crippen molar-refractivity contribution in [2.24, 2.45) is 0 Å². The minimum absolute atomic E-state index is 0.199. The van der Waals surface area contributed by atoms with Crippen LogP contribution >= 0.6 is 11.6 Å². The second-order valence-electron chi connectivity index (χ2n) is 5.82. The number of halogens is 1. The van der Waals surface area contributed by atoms with Crippen molar-refractivity contribution >= 4 is 23.3 Å². The van der Waals surface area contributed by atoms with Gasteiger partial charge in [0.1, 0.15) is 6.04 Å². The topological polar surface area (TPSA) is 54.5 Å². The van der Waals surface area contributed by atoms with Gasteiger partial charge >= 0.3 is 5.97 Å². The summed E-state index contributed by atoms with van der Waals surface area (Å²) in [4.78, 5) is 18.5. The number of methoxy groups -OCH3 is 1. The van der Waals surface area contributed by atoms with E-state index < -0.39 is 6.04 Å². The van der Waals surface area contributed by atoms with Crippen molar-refractivity contribution in [1.82, 2.24) is 10.3 Å². The van der Waals surface area contributed by atoms with Crippen molar-refractivity contribution in [1.29, 1.82) is 0 Å². The summed E-state index contributed by atoms with van der Waals surface area (Å²) in [6, 6.07) is 11.2. The Morgan fingerprint density at radius 2 is 2.17 bits per heavy atom. The average Bonchev–Trinajstić information content (AvgIpc) is 3.09. The van der Waals surface area contributed by atoms with Crippen LogP contribution in [0.1, 0.15) is 18.0 Å². The molecule has 1 aromatic carbocycles. The van der Waals surface area contributed by atoms with Gasteiger partial charge in [-0.2, -0.15) is 0 Å². The van der Waals surface area contributed by atoms with Crippen LogP contribution in [-0.2, 0) is 9.53 Å². The Balaban J connectivity index is 1.68. The molecule has 2 aromatic rings. The summed E-state index contributed by atoms with van der Waals surface area (Å²) in [6.07, 6.45) is 4.34. The van der Waals surface area contributed by atoms with E-state index in [9.17, 15) is 4.79 Å². The third kappa shape index (κ3) is 3.86. The van der Waals surface area contributed by atoms with Gasteiger partial charge in [0, 0.05) is 42.2 Å². The van der Waals surface area contributed by atoms with E-state index >= 15 is 0 Å². The fourth-order valence-corrected chi connectivity index (χ4v) is 3.11. The van der Waals surface area contributed by atoms with Gasteiger partial charge in [-0.15, -0.1) is 0 Å². The Hall–Kier alpha value is -2.11. The number of hydrogen-bond donors (Lipinski definition) is 1. The molecule has 126 valence electrons. The molecule has 0 aliphatic carbocycles. The number of carbonyl (C=O) groups is 1. The van der Waals surface area contributed by atoms with Gasteiger partial charge in [0.2, 0.25) is 0 Å². The number of nitrogens with zero attached hydrogens (tertiary/aromatic N) is 2. The Morgan fingerprint density at radius 1 is 1.38 bits per heavy atom. The van der Waals surface area contributed by atoms with Crippen LogP contribution < -0.4 is 10.2 Å². The highest BCUT2D eigenvalue weighted by Gasteiger charge is 2.29. The highest BCUT2D eigenvalue weighted by atomic mass is 35.5. The Kier molecular flexibility index (Phi) is 5.33. The van der Waals surface area contributed by atoms with E-state index in [-0.39, 0.29) is 12.0 Å². The van der Waals surface area contributed by atoms with E-state index in [0.29, 0.717) is 0 Å². The number of hydrogen-bond acceptors (Lipinski definition) is 5. The molecule has 1 aromatic heterocycles. The molecule has 1 N–H and O–H groups in total. The second-order valence-corrected chi connectivity index (χ2v) is 6.25. The predicted molar refractivity (Wildman–Crippen MR) is 94.2 cm³/mol. The molecule has 0 amide bonds. The van der Waals surface area contributed by atoms with Crippen LogP contribution in [0, 0.1) is 0 Å². The van der Waals surface area contributed by atoms with E-state index in [1.807, 2.05) is 36.4 Å². The van der Waals surface area contributed by atoms with Crippen LogP contribution in [0.4, 0.5) is 5.69 Å². The minimum atomic E-state index is -0.501. The predicted octanol–water partition coefficient (Wildman–Crippen LogP) is 2.82. The van der Waals surface area contributed by atoms with Crippen LogP contribution in [0.15, 0.2) is 48.8 Å². The van der Waals surface area contributed by atoms with Gasteiger partial charge < -0.3 is 9.64 Å². The van der Waals surface area contributed by atoms with Crippen molar-refractivity contribution in [2.45, 2.75) is 18.5 Å². The molecule has 24 heavy (non-hydrogen) atoms.